The van der Waals surface area contributed by atoms with E-state index in [1.165, 1.54) is 24.4 Å². The predicted octanol–water partition coefficient (Wildman–Crippen LogP) is 3.40. The number of methoxy groups -OCH3 is 1. The number of nitrogens with zero attached hydrogens (tertiary/aromatic N) is 6. The normalized spacial score (nSPS) is 23.5. The van der Waals surface area contributed by atoms with Crippen LogP contribution >= 0.6 is 0 Å². The molecule has 36 heavy (non-hydrogen) atoms. The minimum atomic E-state index is -4.72. The van der Waals surface area contributed by atoms with E-state index < -0.39 is 23.9 Å². The number of fused-ring (bicyclic) bond motifs is 2. The summed E-state index contributed by atoms with van der Waals surface area (Å²) in [4.78, 5) is 13.3. The first-order valence-corrected chi connectivity index (χ1v) is 11.3. The van der Waals surface area contributed by atoms with Gasteiger partial charge in [0.25, 0.3) is 0 Å². The van der Waals surface area contributed by atoms with Crippen LogP contribution in [0.3, 0.4) is 0 Å². The Morgan fingerprint density at radius 2 is 1.94 bits per heavy atom. The second kappa shape index (κ2) is 9.12. The maximum Gasteiger partial charge on any atom is 0.438 e. The van der Waals surface area contributed by atoms with Crippen molar-refractivity contribution in [3.05, 3.63) is 36.3 Å². The van der Waals surface area contributed by atoms with E-state index in [4.69, 9.17) is 4.74 Å². The predicted molar refractivity (Wildman–Crippen MR) is 121 cm³/mol. The Labute approximate surface area is 203 Å². The van der Waals surface area contributed by atoms with Crippen LogP contribution in [0, 0.1) is 0 Å². The molecular formula is C23H23F4N7O2. The van der Waals surface area contributed by atoms with Crippen LogP contribution in [0.2, 0.25) is 0 Å². The Bertz CT molecular complexity index is 1260. The van der Waals surface area contributed by atoms with E-state index in [2.05, 4.69) is 30.5 Å². The molecule has 0 radical (unpaired) electrons. The Hall–Kier alpha value is -3.61. The molecule has 0 spiro atoms. The molecule has 0 saturated carbocycles. The van der Waals surface area contributed by atoms with Gasteiger partial charge in [0.1, 0.15) is 11.9 Å². The van der Waals surface area contributed by atoms with Crippen molar-refractivity contribution in [1.82, 2.24) is 30.5 Å². The molecular weight excluding hydrogens is 482 g/mol. The zero-order chi connectivity index (χ0) is 25.6. The summed E-state index contributed by atoms with van der Waals surface area (Å²) in [7, 11) is 2.83. The molecule has 5 rings (SSSR count). The number of aromatic hydroxyl groups is 1. The molecule has 13 heteroatoms. The average Bonchev–Trinajstić information content (AvgIpc) is 3.28. The molecule has 4 heterocycles. The monoisotopic (exact) mass is 505 g/mol. The molecule has 190 valence electrons. The lowest BCUT2D eigenvalue weighted by atomic mass is 9.96. The van der Waals surface area contributed by atoms with Gasteiger partial charge in [0.05, 0.1) is 36.8 Å². The van der Waals surface area contributed by atoms with Crippen molar-refractivity contribution in [1.29, 1.82) is 0 Å². The largest absolute Gasteiger partial charge is 0.507 e. The van der Waals surface area contributed by atoms with Gasteiger partial charge >= 0.3 is 6.18 Å². The second-order valence-electron chi connectivity index (χ2n) is 8.89. The Morgan fingerprint density at radius 3 is 2.61 bits per heavy atom. The molecule has 2 aliphatic rings. The molecule has 9 nitrogen and oxygen atoms in total. The molecule has 2 aliphatic heterocycles. The van der Waals surface area contributed by atoms with Crippen LogP contribution in [0.1, 0.15) is 25.0 Å². The maximum atomic E-state index is 14.9. The molecule has 2 N–H and O–H groups in total. The summed E-state index contributed by atoms with van der Waals surface area (Å²) >= 11 is 0. The highest BCUT2D eigenvalue weighted by Gasteiger charge is 2.44. The van der Waals surface area contributed by atoms with E-state index >= 15 is 0 Å². The quantitative estimate of drug-likeness (QED) is 0.505. The third-order valence-electron chi connectivity index (χ3n) is 6.70. The van der Waals surface area contributed by atoms with Crippen LogP contribution in [-0.4, -0.2) is 68.7 Å². The van der Waals surface area contributed by atoms with Crippen LogP contribution in [0.15, 0.2) is 30.6 Å². The van der Waals surface area contributed by atoms with Crippen LogP contribution in [0.4, 0.5) is 23.4 Å². The molecule has 0 aliphatic carbocycles. The number of hydrogen-bond acceptors (Lipinski definition) is 9. The van der Waals surface area contributed by atoms with Gasteiger partial charge in [0.2, 0.25) is 11.6 Å². The van der Waals surface area contributed by atoms with Crippen molar-refractivity contribution in [2.45, 2.75) is 49.7 Å². The minimum Gasteiger partial charge on any atom is -0.507 e. The van der Waals surface area contributed by atoms with Gasteiger partial charge in [-0.25, -0.2) is 19.3 Å². The van der Waals surface area contributed by atoms with Crippen LogP contribution in [-0.2, 0) is 6.18 Å². The fourth-order valence-electron chi connectivity index (χ4n) is 4.80. The van der Waals surface area contributed by atoms with E-state index in [1.807, 2.05) is 0 Å². The lowest BCUT2D eigenvalue weighted by Gasteiger charge is -2.38. The average molecular weight is 505 g/mol. The van der Waals surface area contributed by atoms with Crippen molar-refractivity contribution < 1.29 is 27.4 Å². The number of halogens is 4. The van der Waals surface area contributed by atoms with Crippen molar-refractivity contribution in [2.75, 3.05) is 19.1 Å². The first-order valence-electron chi connectivity index (χ1n) is 11.3. The second-order valence-corrected chi connectivity index (χ2v) is 8.89. The summed E-state index contributed by atoms with van der Waals surface area (Å²) in [6.07, 6.45) is -0.883. The summed E-state index contributed by atoms with van der Waals surface area (Å²) in [5.74, 6) is -0.353. The fraction of sp³-hybridized carbons (Fsp3) is 0.435. The van der Waals surface area contributed by atoms with E-state index in [0.29, 0.717) is 23.8 Å². The number of anilines is 1. The highest BCUT2D eigenvalue weighted by Crippen LogP contribution is 2.37. The number of benzene rings is 1. The molecule has 3 aromatic rings. The third-order valence-corrected chi connectivity index (χ3v) is 6.70. The number of piperidine rings is 1. The Morgan fingerprint density at radius 1 is 1.14 bits per heavy atom. The molecule has 2 saturated heterocycles. The number of alkyl halides is 4. The SMILES string of the molecule is COc1nc(-c2ccc(-c3ncc(N(C)[C@H]4C[C@H]5CC[C@@H](N5)[C@H]4F)nn3)c(O)c2)cnc1C(F)(F)F. The number of rotatable bonds is 5. The van der Waals surface area contributed by atoms with Crippen LogP contribution in [0.5, 0.6) is 11.6 Å². The summed E-state index contributed by atoms with van der Waals surface area (Å²) in [6, 6.07) is 4.15. The van der Waals surface area contributed by atoms with Crippen molar-refractivity contribution >= 4 is 5.82 Å². The van der Waals surface area contributed by atoms with Gasteiger partial charge in [-0.2, -0.15) is 13.2 Å². The zero-order valence-electron chi connectivity index (χ0n) is 19.4. The van der Waals surface area contributed by atoms with Gasteiger partial charge in [0.15, 0.2) is 11.6 Å². The number of aromatic nitrogens is 5. The van der Waals surface area contributed by atoms with Gasteiger partial charge in [-0.1, -0.05) is 6.07 Å². The van der Waals surface area contributed by atoms with E-state index in [1.54, 1.807) is 11.9 Å². The summed E-state index contributed by atoms with van der Waals surface area (Å²) in [6.45, 7) is 0. The first kappa shape index (κ1) is 24.1. The van der Waals surface area contributed by atoms with Crippen molar-refractivity contribution in [3.63, 3.8) is 0 Å². The molecule has 0 amide bonds. The van der Waals surface area contributed by atoms with Crippen molar-refractivity contribution in [3.8, 4) is 34.3 Å². The van der Waals surface area contributed by atoms with E-state index in [0.717, 1.165) is 26.1 Å². The summed E-state index contributed by atoms with van der Waals surface area (Å²) in [5.41, 5.74) is -0.588. The lowest BCUT2D eigenvalue weighted by molar-refractivity contribution is -0.142. The number of phenols is 1. The smallest absolute Gasteiger partial charge is 0.438 e. The standard InChI is InChI=1S/C23H23F4N7O2/c1-34(16-8-12-4-6-14(30-12)19(16)24)18-10-29-21(33-32-18)13-5-3-11(7-17(13)35)15-9-28-20(23(25,26)27)22(31-15)36-2/h3,5,7,9-10,12,14,16,19,30,35H,4,6,8H2,1-2H3/t12-,14-,16+,19-/m1/s1. The van der Waals surface area contributed by atoms with Gasteiger partial charge in [-0.3, -0.25) is 0 Å². The number of phenolic OH excluding ortho intramolecular Hbond substituents is 1. The molecule has 4 atom stereocenters. The fourth-order valence-corrected chi connectivity index (χ4v) is 4.80. The number of nitrogens with one attached hydrogen (secondary N) is 1. The summed E-state index contributed by atoms with van der Waals surface area (Å²) < 4.78 is 58.8. The third kappa shape index (κ3) is 4.38. The maximum absolute atomic E-state index is 14.9. The van der Waals surface area contributed by atoms with Gasteiger partial charge in [-0.15, -0.1) is 10.2 Å². The lowest BCUT2D eigenvalue weighted by Crippen LogP contribution is -2.55. The molecule has 2 bridgehead atoms. The highest BCUT2D eigenvalue weighted by atomic mass is 19.4. The van der Waals surface area contributed by atoms with E-state index in [9.17, 15) is 22.7 Å². The molecule has 2 fully saturated rings. The molecule has 0 unspecified atom stereocenters. The topological polar surface area (TPSA) is 109 Å². The first-order chi connectivity index (χ1) is 17.2. The van der Waals surface area contributed by atoms with Crippen LogP contribution in [0.25, 0.3) is 22.6 Å². The molecule has 2 aromatic heterocycles. The van der Waals surface area contributed by atoms with Crippen molar-refractivity contribution in [2.24, 2.45) is 0 Å². The Kier molecular flexibility index (Phi) is 6.10. The minimum absolute atomic E-state index is 0.0782. The number of hydrogen-bond donors (Lipinski definition) is 2. The molecule has 1 aromatic carbocycles. The summed E-state index contributed by atoms with van der Waals surface area (Å²) in [5, 5.41) is 22.1. The van der Waals surface area contributed by atoms with Gasteiger partial charge in [-0.05, 0) is 31.4 Å². The zero-order valence-corrected chi connectivity index (χ0v) is 19.4. The van der Waals surface area contributed by atoms with Gasteiger partial charge in [0, 0.05) is 24.7 Å². The van der Waals surface area contributed by atoms with E-state index in [-0.39, 0.29) is 34.9 Å². The van der Waals surface area contributed by atoms with Gasteiger partial charge < -0.3 is 20.1 Å². The number of ether oxygens (including phenoxy) is 1. The van der Waals surface area contributed by atoms with Crippen LogP contribution < -0.4 is 15.0 Å². The Balaban J connectivity index is 1.36. The highest BCUT2D eigenvalue weighted by molar-refractivity contribution is 5.71.